The molecule has 0 radical (unpaired) electrons. The molecule has 0 saturated carbocycles. The van der Waals surface area contributed by atoms with E-state index < -0.39 is 10.0 Å². The highest BCUT2D eigenvalue weighted by atomic mass is 35.5. The lowest BCUT2D eigenvalue weighted by atomic mass is 10.3. The van der Waals surface area contributed by atoms with Gasteiger partial charge < -0.3 is 10.2 Å². The fraction of sp³-hybridized carbons (Fsp3) is 0.294. The van der Waals surface area contributed by atoms with Crippen molar-refractivity contribution in [2.45, 2.75) is 11.3 Å². The van der Waals surface area contributed by atoms with E-state index in [1.165, 1.54) is 12.1 Å². The third kappa shape index (κ3) is 5.70. The van der Waals surface area contributed by atoms with Crippen LogP contribution in [0.15, 0.2) is 53.4 Å². The van der Waals surface area contributed by atoms with Crippen molar-refractivity contribution < 1.29 is 8.42 Å². The molecule has 0 spiro atoms. The number of hydrogen-bond donors (Lipinski definition) is 2. The van der Waals surface area contributed by atoms with Crippen molar-refractivity contribution in [1.29, 1.82) is 0 Å². The molecule has 0 atom stereocenters. The highest BCUT2D eigenvalue weighted by molar-refractivity contribution is 7.92. The van der Waals surface area contributed by atoms with E-state index in [4.69, 9.17) is 11.6 Å². The molecular weight excluding hydrogens is 346 g/mol. The first kappa shape index (κ1) is 18.6. The summed E-state index contributed by atoms with van der Waals surface area (Å²) in [5, 5.41) is 3.81. The normalized spacial score (nSPS) is 11.5. The van der Waals surface area contributed by atoms with Crippen molar-refractivity contribution >= 4 is 33.0 Å². The van der Waals surface area contributed by atoms with Crippen LogP contribution in [-0.4, -0.2) is 40.5 Å². The van der Waals surface area contributed by atoms with Crippen LogP contribution in [0.25, 0.3) is 0 Å². The van der Waals surface area contributed by atoms with Crippen molar-refractivity contribution in [2.75, 3.05) is 37.2 Å². The molecule has 7 heteroatoms. The van der Waals surface area contributed by atoms with Crippen LogP contribution in [0.3, 0.4) is 0 Å². The van der Waals surface area contributed by atoms with Gasteiger partial charge >= 0.3 is 0 Å². The zero-order valence-electron chi connectivity index (χ0n) is 13.8. The van der Waals surface area contributed by atoms with Gasteiger partial charge in [0.1, 0.15) is 0 Å². The fourth-order valence-corrected chi connectivity index (χ4v) is 3.30. The monoisotopic (exact) mass is 367 g/mol. The van der Waals surface area contributed by atoms with E-state index in [2.05, 4.69) is 14.9 Å². The van der Waals surface area contributed by atoms with Crippen molar-refractivity contribution in [3.63, 3.8) is 0 Å². The first-order chi connectivity index (χ1) is 11.4. The number of anilines is 2. The van der Waals surface area contributed by atoms with Gasteiger partial charge in [0.2, 0.25) is 0 Å². The molecule has 0 aromatic heterocycles. The topological polar surface area (TPSA) is 61.4 Å². The Morgan fingerprint density at radius 1 is 0.958 bits per heavy atom. The molecule has 130 valence electrons. The van der Waals surface area contributed by atoms with Crippen LogP contribution in [0.4, 0.5) is 11.4 Å². The van der Waals surface area contributed by atoms with Gasteiger partial charge in [0.05, 0.1) is 4.90 Å². The summed E-state index contributed by atoms with van der Waals surface area (Å²) in [4.78, 5) is 2.31. The van der Waals surface area contributed by atoms with E-state index in [0.717, 1.165) is 25.2 Å². The Morgan fingerprint density at radius 3 is 2.12 bits per heavy atom. The molecule has 0 aliphatic carbocycles. The molecule has 0 saturated heterocycles. The standard InChI is InChI=1S/C17H22ClN3O2S/c1-21(2)13-3-12-19-15-6-8-16(9-7-15)20-24(22,23)17-10-4-14(18)5-11-17/h4-11,19-20H,3,12-13H2,1-2H3. The number of rotatable bonds is 8. The Balaban J connectivity index is 1.94. The summed E-state index contributed by atoms with van der Waals surface area (Å²) in [5.41, 5.74) is 1.48. The Hall–Kier alpha value is -1.76. The van der Waals surface area contributed by atoms with E-state index in [9.17, 15) is 8.42 Å². The van der Waals surface area contributed by atoms with Crippen molar-refractivity contribution in [2.24, 2.45) is 0 Å². The van der Waals surface area contributed by atoms with Crippen LogP contribution in [0.2, 0.25) is 5.02 Å². The van der Waals surface area contributed by atoms with Gasteiger partial charge in [0.25, 0.3) is 10.0 Å². The SMILES string of the molecule is CN(C)CCCNc1ccc(NS(=O)(=O)c2ccc(Cl)cc2)cc1. The lowest BCUT2D eigenvalue weighted by Gasteiger charge is -2.12. The molecule has 5 nitrogen and oxygen atoms in total. The summed E-state index contributed by atoms with van der Waals surface area (Å²) in [5.74, 6) is 0. The van der Waals surface area contributed by atoms with Gasteiger partial charge in [-0.05, 0) is 75.6 Å². The lowest BCUT2D eigenvalue weighted by Crippen LogP contribution is -2.16. The van der Waals surface area contributed by atoms with E-state index in [1.807, 2.05) is 26.2 Å². The van der Waals surface area contributed by atoms with Crippen LogP contribution >= 0.6 is 11.6 Å². The van der Waals surface area contributed by atoms with Gasteiger partial charge in [-0.1, -0.05) is 11.6 Å². The van der Waals surface area contributed by atoms with Gasteiger partial charge in [-0.3, -0.25) is 4.72 Å². The molecular formula is C17H22ClN3O2S. The summed E-state index contributed by atoms with van der Waals surface area (Å²) >= 11 is 5.78. The Kier molecular flexibility index (Phi) is 6.48. The number of nitrogens with one attached hydrogen (secondary N) is 2. The molecule has 0 aliphatic heterocycles. The fourth-order valence-electron chi connectivity index (χ4n) is 2.11. The molecule has 0 fully saturated rings. The summed E-state index contributed by atoms with van der Waals surface area (Å²) < 4.78 is 27.2. The van der Waals surface area contributed by atoms with Gasteiger partial charge in [-0.25, -0.2) is 8.42 Å². The maximum absolute atomic E-state index is 12.3. The molecule has 2 N–H and O–H groups in total. The third-order valence-electron chi connectivity index (χ3n) is 3.37. The first-order valence-corrected chi connectivity index (χ1v) is 9.50. The molecule has 2 rings (SSSR count). The summed E-state index contributed by atoms with van der Waals surface area (Å²) in [7, 11) is 0.479. The van der Waals surface area contributed by atoms with Gasteiger partial charge in [0, 0.05) is 22.9 Å². The zero-order chi connectivity index (χ0) is 17.6. The van der Waals surface area contributed by atoms with Crippen LogP contribution < -0.4 is 10.0 Å². The molecule has 0 amide bonds. The van der Waals surface area contributed by atoms with E-state index in [0.29, 0.717) is 10.7 Å². The minimum absolute atomic E-state index is 0.179. The zero-order valence-corrected chi connectivity index (χ0v) is 15.4. The predicted octanol–water partition coefficient (Wildman–Crippen LogP) is 3.50. The van der Waals surface area contributed by atoms with E-state index >= 15 is 0 Å². The number of sulfonamides is 1. The molecule has 0 heterocycles. The number of nitrogens with zero attached hydrogens (tertiary/aromatic N) is 1. The number of benzene rings is 2. The molecule has 2 aromatic carbocycles. The lowest BCUT2D eigenvalue weighted by molar-refractivity contribution is 0.405. The van der Waals surface area contributed by atoms with Gasteiger partial charge in [0.15, 0.2) is 0 Å². The second kappa shape index (κ2) is 8.37. The smallest absolute Gasteiger partial charge is 0.261 e. The van der Waals surface area contributed by atoms with Gasteiger partial charge in [-0.15, -0.1) is 0 Å². The largest absolute Gasteiger partial charge is 0.385 e. The molecule has 0 aliphatic rings. The van der Waals surface area contributed by atoms with Crippen LogP contribution in [0.5, 0.6) is 0 Å². The van der Waals surface area contributed by atoms with E-state index in [-0.39, 0.29) is 4.90 Å². The highest BCUT2D eigenvalue weighted by Gasteiger charge is 2.13. The second-order valence-corrected chi connectivity index (χ2v) is 7.84. The summed E-state index contributed by atoms with van der Waals surface area (Å²) in [6.07, 6.45) is 1.04. The molecule has 2 aromatic rings. The molecule has 0 unspecified atom stereocenters. The Labute approximate surface area is 148 Å². The Bertz CT molecular complexity index is 744. The van der Waals surface area contributed by atoms with Crippen molar-refractivity contribution in [1.82, 2.24) is 4.90 Å². The average Bonchev–Trinajstić information content (AvgIpc) is 2.53. The number of halogens is 1. The van der Waals surface area contributed by atoms with Crippen LogP contribution in [0.1, 0.15) is 6.42 Å². The minimum Gasteiger partial charge on any atom is -0.385 e. The summed E-state index contributed by atoms with van der Waals surface area (Å²) in [6.45, 7) is 1.89. The first-order valence-electron chi connectivity index (χ1n) is 7.64. The van der Waals surface area contributed by atoms with Crippen LogP contribution in [-0.2, 0) is 10.0 Å². The molecule has 0 bridgehead atoms. The summed E-state index contributed by atoms with van der Waals surface area (Å²) in [6, 6.07) is 13.2. The quantitative estimate of drug-likeness (QED) is 0.701. The minimum atomic E-state index is -3.61. The number of hydrogen-bond acceptors (Lipinski definition) is 4. The highest BCUT2D eigenvalue weighted by Crippen LogP contribution is 2.19. The molecule has 24 heavy (non-hydrogen) atoms. The van der Waals surface area contributed by atoms with Crippen molar-refractivity contribution in [3.8, 4) is 0 Å². The maximum Gasteiger partial charge on any atom is 0.261 e. The third-order valence-corrected chi connectivity index (χ3v) is 5.02. The average molecular weight is 368 g/mol. The Morgan fingerprint density at radius 2 is 1.54 bits per heavy atom. The van der Waals surface area contributed by atoms with Gasteiger partial charge in [-0.2, -0.15) is 0 Å². The maximum atomic E-state index is 12.3. The predicted molar refractivity (Wildman–Crippen MR) is 100 cm³/mol. The van der Waals surface area contributed by atoms with E-state index in [1.54, 1.807) is 24.3 Å². The van der Waals surface area contributed by atoms with Crippen molar-refractivity contribution in [3.05, 3.63) is 53.6 Å². The van der Waals surface area contributed by atoms with Crippen LogP contribution in [0, 0.1) is 0 Å². The second-order valence-electron chi connectivity index (χ2n) is 5.72.